The van der Waals surface area contributed by atoms with Gasteiger partial charge in [-0.1, -0.05) is 23.7 Å². The van der Waals surface area contributed by atoms with Gasteiger partial charge in [-0.05, 0) is 30.3 Å². The van der Waals surface area contributed by atoms with Gasteiger partial charge >= 0.3 is 0 Å². The average Bonchev–Trinajstić information content (AvgIpc) is 2.42. The lowest BCUT2D eigenvalue weighted by Gasteiger charge is -2.09. The molecule has 0 heterocycles. The number of anilines is 2. The van der Waals surface area contributed by atoms with Gasteiger partial charge in [0.05, 0.1) is 10.7 Å². The van der Waals surface area contributed by atoms with Gasteiger partial charge in [0.25, 0.3) is 5.91 Å². The van der Waals surface area contributed by atoms with Gasteiger partial charge in [0.15, 0.2) is 6.61 Å². The van der Waals surface area contributed by atoms with E-state index >= 15 is 0 Å². The molecular formula is C14H12ClFN2O2. The third-order valence-electron chi connectivity index (χ3n) is 2.48. The van der Waals surface area contributed by atoms with Crippen molar-refractivity contribution in [2.75, 3.05) is 17.7 Å². The van der Waals surface area contributed by atoms with Crippen LogP contribution in [-0.2, 0) is 4.79 Å². The third-order valence-corrected chi connectivity index (χ3v) is 2.77. The zero-order valence-corrected chi connectivity index (χ0v) is 11.2. The first kappa shape index (κ1) is 14.1. The van der Waals surface area contributed by atoms with Gasteiger partial charge in [0.2, 0.25) is 0 Å². The number of nitrogens with one attached hydrogen (secondary N) is 1. The second-order valence-electron chi connectivity index (χ2n) is 4.00. The standard InChI is InChI=1S/C14H12ClFN2O2/c15-10-7-9(5-6-11(10)16)18-14(19)8-20-13-4-2-1-3-12(13)17/h1-7H,8,17H2,(H,18,19). The summed E-state index contributed by atoms with van der Waals surface area (Å²) in [4.78, 5) is 11.7. The van der Waals surface area contributed by atoms with E-state index in [9.17, 15) is 9.18 Å². The van der Waals surface area contributed by atoms with Crippen LogP contribution in [0.15, 0.2) is 42.5 Å². The van der Waals surface area contributed by atoms with Crippen molar-refractivity contribution in [1.29, 1.82) is 0 Å². The maximum absolute atomic E-state index is 13.0. The number of halogens is 2. The summed E-state index contributed by atoms with van der Waals surface area (Å²) in [6, 6.07) is 10.8. The fourth-order valence-electron chi connectivity index (χ4n) is 1.53. The van der Waals surface area contributed by atoms with E-state index in [1.807, 2.05) is 0 Å². The summed E-state index contributed by atoms with van der Waals surface area (Å²) >= 11 is 5.62. The maximum Gasteiger partial charge on any atom is 0.262 e. The van der Waals surface area contributed by atoms with E-state index in [1.165, 1.54) is 18.2 Å². The summed E-state index contributed by atoms with van der Waals surface area (Å²) in [6.07, 6.45) is 0. The third kappa shape index (κ3) is 3.61. The average molecular weight is 295 g/mol. The number of ether oxygens (including phenoxy) is 1. The molecule has 0 radical (unpaired) electrons. The minimum Gasteiger partial charge on any atom is -0.482 e. The normalized spacial score (nSPS) is 10.1. The molecule has 0 saturated heterocycles. The molecule has 104 valence electrons. The summed E-state index contributed by atoms with van der Waals surface area (Å²) in [5.74, 6) is -0.506. The summed E-state index contributed by atoms with van der Waals surface area (Å²) in [5.41, 5.74) is 6.52. The molecule has 3 N–H and O–H groups in total. The highest BCUT2D eigenvalue weighted by Gasteiger charge is 2.07. The van der Waals surface area contributed by atoms with Gasteiger partial charge in [0, 0.05) is 5.69 Å². The Morgan fingerprint density at radius 2 is 2.05 bits per heavy atom. The van der Waals surface area contributed by atoms with Crippen molar-refractivity contribution >= 4 is 28.9 Å². The molecule has 0 unspecified atom stereocenters. The number of rotatable bonds is 4. The Balaban J connectivity index is 1.93. The van der Waals surface area contributed by atoms with Crippen LogP contribution >= 0.6 is 11.6 Å². The van der Waals surface area contributed by atoms with Gasteiger partial charge in [0.1, 0.15) is 11.6 Å². The Morgan fingerprint density at radius 1 is 1.30 bits per heavy atom. The quantitative estimate of drug-likeness (QED) is 0.852. The smallest absolute Gasteiger partial charge is 0.262 e. The number of carbonyl (C=O) groups excluding carboxylic acids is 1. The van der Waals surface area contributed by atoms with Gasteiger partial charge in [-0.15, -0.1) is 0 Å². The lowest BCUT2D eigenvalue weighted by atomic mass is 10.3. The van der Waals surface area contributed by atoms with Crippen LogP contribution < -0.4 is 15.8 Å². The molecule has 20 heavy (non-hydrogen) atoms. The van der Waals surface area contributed by atoms with Crippen LogP contribution in [0.4, 0.5) is 15.8 Å². The van der Waals surface area contributed by atoms with Crippen molar-refractivity contribution in [3.05, 3.63) is 53.3 Å². The molecule has 0 aromatic heterocycles. The molecule has 6 heteroatoms. The molecule has 0 atom stereocenters. The topological polar surface area (TPSA) is 64.3 Å². The summed E-state index contributed by atoms with van der Waals surface area (Å²) in [5, 5.41) is 2.48. The number of amides is 1. The van der Waals surface area contributed by atoms with Crippen LogP contribution in [0.1, 0.15) is 0 Å². The van der Waals surface area contributed by atoms with E-state index in [2.05, 4.69) is 5.32 Å². The molecule has 2 rings (SSSR count). The lowest BCUT2D eigenvalue weighted by molar-refractivity contribution is -0.118. The molecule has 2 aromatic rings. The molecule has 1 amide bonds. The Morgan fingerprint density at radius 3 is 2.75 bits per heavy atom. The van der Waals surface area contributed by atoms with Crippen molar-refractivity contribution in [1.82, 2.24) is 0 Å². The van der Waals surface area contributed by atoms with E-state index < -0.39 is 11.7 Å². The first-order valence-electron chi connectivity index (χ1n) is 5.78. The molecule has 2 aromatic carbocycles. The Labute approximate surface area is 120 Å². The monoisotopic (exact) mass is 294 g/mol. The number of hydrogen-bond acceptors (Lipinski definition) is 3. The van der Waals surface area contributed by atoms with E-state index in [0.29, 0.717) is 17.1 Å². The molecule has 0 saturated carbocycles. The van der Waals surface area contributed by atoms with Gasteiger partial charge in [-0.3, -0.25) is 4.79 Å². The van der Waals surface area contributed by atoms with Crippen molar-refractivity contribution in [2.45, 2.75) is 0 Å². The highest BCUT2D eigenvalue weighted by atomic mass is 35.5. The highest BCUT2D eigenvalue weighted by molar-refractivity contribution is 6.31. The van der Waals surface area contributed by atoms with E-state index in [-0.39, 0.29) is 11.6 Å². The number of para-hydroxylation sites is 2. The van der Waals surface area contributed by atoms with E-state index in [0.717, 1.165) is 0 Å². The van der Waals surface area contributed by atoms with Crippen molar-refractivity contribution in [3.63, 3.8) is 0 Å². The first-order valence-corrected chi connectivity index (χ1v) is 6.16. The summed E-state index contributed by atoms with van der Waals surface area (Å²) in [6.45, 7) is -0.205. The molecule has 0 aliphatic rings. The predicted molar refractivity (Wildman–Crippen MR) is 76.4 cm³/mol. The fraction of sp³-hybridized carbons (Fsp3) is 0.0714. The Kier molecular flexibility index (Phi) is 4.42. The van der Waals surface area contributed by atoms with E-state index in [4.69, 9.17) is 22.1 Å². The second kappa shape index (κ2) is 6.25. The number of carbonyl (C=O) groups is 1. The van der Waals surface area contributed by atoms with Crippen LogP contribution in [-0.4, -0.2) is 12.5 Å². The van der Waals surface area contributed by atoms with Crippen LogP contribution in [0.3, 0.4) is 0 Å². The summed E-state index contributed by atoms with van der Waals surface area (Å²) in [7, 11) is 0. The van der Waals surface area contributed by atoms with Crippen LogP contribution in [0.5, 0.6) is 5.75 Å². The highest BCUT2D eigenvalue weighted by Crippen LogP contribution is 2.21. The maximum atomic E-state index is 13.0. The minimum atomic E-state index is -0.544. The van der Waals surface area contributed by atoms with Crippen molar-refractivity contribution in [2.24, 2.45) is 0 Å². The van der Waals surface area contributed by atoms with E-state index in [1.54, 1.807) is 24.3 Å². The second-order valence-corrected chi connectivity index (χ2v) is 4.41. The predicted octanol–water partition coefficient (Wildman–Crippen LogP) is 3.08. The van der Waals surface area contributed by atoms with Crippen molar-refractivity contribution < 1.29 is 13.9 Å². The molecular weight excluding hydrogens is 283 g/mol. The molecule has 4 nitrogen and oxygen atoms in total. The summed E-state index contributed by atoms with van der Waals surface area (Å²) < 4.78 is 18.2. The Hall–Kier alpha value is -2.27. The van der Waals surface area contributed by atoms with Crippen LogP contribution in [0.25, 0.3) is 0 Å². The first-order chi connectivity index (χ1) is 9.56. The zero-order valence-electron chi connectivity index (χ0n) is 10.4. The molecule has 0 aliphatic carbocycles. The number of nitrogens with two attached hydrogens (primary N) is 1. The minimum absolute atomic E-state index is 0.0592. The molecule has 0 spiro atoms. The number of benzene rings is 2. The molecule has 0 aliphatic heterocycles. The van der Waals surface area contributed by atoms with Crippen LogP contribution in [0, 0.1) is 5.82 Å². The zero-order chi connectivity index (χ0) is 14.5. The lowest BCUT2D eigenvalue weighted by Crippen LogP contribution is -2.20. The Bertz CT molecular complexity index is 634. The number of hydrogen-bond donors (Lipinski definition) is 2. The van der Waals surface area contributed by atoms with Gasteiger partial charge < -0.3 is 15.8 Å². The van der Waals surface area contributed by atoms with Crippen molar-refractivity contribution in [3.8, 4) is 5.75 Å². The van der Waals surface area contributed by atoms with Gasteiger partial charge in [-0.2, -0.15) is 0 Å². The van der Waals surface area contributed by atoms with Gasteiger partial charge in [-0.25, -0.2) is 4.39 Å². The molecule has 0 fully saturated rings. The molecule has 0 bridgehead atoms. The largest absolute Gasteiger partial charge is 0.482 e. The SMILES string of the molecule is Nc1ccccc1OCC(=O)Nc1ccc(F)c(Cl)c1. The number of nitrogen functional groups attached to an aromatic ring is 1. The fourth-order valence-corrected chi connectivity index (χ4v) is 1.71. The van der Waals surface area contributed by atoms with Crippen LogP contribution in [0.2, 0.25) is 5.02 Å².